The number of para-hydroxylation sites is 1. The van der Waals surface area contributed by atoms with E-state index in [1.165, 1.54) is 0 Å². The maximum absolute atomic E-state index is 11.4. The molecule has 6 heteroatoms. The molecule has 0 aliphatic carbocycles. The molecule has 1 aliphatic rings. The van der Waals surface area contributed by atoms with Crippen molar-refractivity contribution in [2.24, 2.45) is 4.99 Å². The van der Waals surface area contributed by atoms with Gasteiger partial charge in [0.2, 0.25) is 5.91 Å². The number of carboxylic acids is 1. The van der Waals surface area contributed by atoms with Crippen LogP contribution in [0.4, 0.5) is 5.69 Å². The number of carboxylic acid groups (broad SMARTS) is 1. The van der Waals surface area contributed by atoms with Crippen molar-refractivity contribution >= 4 is 34.5 Å². The summed E-state index contributed by atoms with van der Waals surface area (Å²) in [5, 5.41) is 12.7. The molecule has 1 aromatic rings. The second-order valence-electron chi connectivity index (χ2n) is 3.42. The maximum Gasteiger partial charge on any atom is 0.239 e. The lowest BCUT2D eigenvalue weighted by molar-refractivity contribution is -0.305. The van der Waals surface area contributed by atoms with Crippen LogP contribution in [-0.4, -0.2) is 22.3 Å². The number of carbonyl (C=O) groups is 2. The normalized spacial score (nSPS) is 21.5. The van der Waals surface area contributed by atoms with Gasteiger partial charge in [-0.05, 0) is 12.1 Å². The quantitative estimate of drug-likeness (QED) is 0.820. The summed E-state index contributed by atoms with van der Waals surface area (Å²) in [5.74, 6) is -1.58. The maximum atomic E-state index is 11.4. The van der Waals surface area contributed by atoms with Gasteiger partial charge in [-0.2, -0.15) is 0 Å². The van der Waals surface area contributed by atoms with Gasteiger partial charge in [0.05, 0.1) is 10.9 Å². The molecule has 1 saturated heterocycles. The minimum Gasteiger partial charge on any atom is -0.550 e. The number of nitrogens with one attached hydrogen (secondary N) is 1. The Morgan fingerprint density at radius 1 is 1.41 bits per heavy atom. The Kier molecular flexibility index (Phi) is 3.43. The van der Waals surface area contributed by atoms with Gasteiger partial charge in [0, 0.05) is 12.4 Å². The first-order chi connectivity index (χ1) is 8.15. The van der Waals surface area contributed by atoms with Crippen LogP contribution in [0.25, 0.3) is 0 Å². The van der Waals surface area contributed by atoms with Crippen molar-refractivity contribution in [3.63, 3.8) is 0 Å². The highest BCUT2D eigenvalue weighted by atomic mass is 32.2. The van der Waals surface area contributed by atoms with Crippen molar-refractivity contribution < 1.29 is 14.7 Å². The Morgan fingerprint density at radius 3 is 2.76 bits per heavy atom. The van der Waals surface area contributed by atoms with Crippen LogP contribution in [0.15, 0.2) is 35.3 Å². The largest absolute Gasteiger partial charge is 0.550 e. The second kappa shape index (κ2) is 5.01. The summed E-state index contributed by atoms with van der Waals surface area (Å²) < 4.78 is 0. The molecule has 88 valence electrons. The number of amidine groups is 1. The molecule has 0 saturated carbocycles. The van der Waals surface area contributed by atoms with E-state index in [1.807, 2.05) is 18.2 Å². The van der Waals surface area contributed by atoms with Crippen LogP contribution in [0.5, 0.6) is 0 Å². The van der Waals surface area contributed by atoms with E-state index in [4.69, 9.17) is 0 Å². The lowest BCUT2D eigenvalue weighted by Gasteiger charge is -2.04. The van der Waals surface area contributed by atoms with E-state index in [-0.39, 0.29) is 12.3 Å². The number of thioether (sulfide) groups is 1. The number of aliphatic carboxylic acids is 1. The second-order valence-corrected chi connectivity index (χ2v) is 4.62. The summed E-state index contributed by atoms with van der Waals surface area (Å²) in [6, 6.07) is 9.12. The van der Waals surface area contributed by atoms with Gasteiger partial charge in [0.1, 0.15) is 0 Å². The highest BCUT2D eigenvalue weighted by molar-refractivity contribution is 8.15. The van der Waals surface area contributed by atoms with Crippen LogP contribution < -0.4 is 10.4 Å². The molecule has 1 heterocycles. The van der Waals surface area contributed by atoms with Gasteiger partial charge < -0.3 is 15.2 Å². The fourth-order valence-corrected chi connectivity index (χ4v) is 2.34. The average molecular weight is 249 g/mol. The minimum absolute atomic E-state index is 0.301. The topological polar surface area (TPSA) is 81.6 Å². The third-order valence-corrected chi connectivity index (χ3v) is 3.20. The van der Waals surface area contributed by atoms with E-state index in [9.17, 15) is 14.7 Å². The lowest BCUT2D eigenvalue weighted by Crippen LogP contribution is -2.31. The number of aliphatic imine (C=N–C) groups is 1. The molecule has 0 unspecified atom stereocenters. The lowest BCUT2D eigenvalue weighted by atomic mass is 10.3. The fraction of sp³-hybridized carbons (Fsp3) is 0.182. The van der Waals surface area contributed by atoms with E-state index in [0.29, 0.717) is 10.9 Å². The Bertz CT molecular complexity index is 473. The molecule has 1 atom stereocenters. The molecule has 1 N–H and O–H groups in total. The number of hydrogen-bond acceptors (Lipinski definition) is 5. The van der Waals surface area contributed by atoms with Crippen molar-refractivity contribution in [1.82, 2.24) is 5.32 Å². The predicted molar refractivity (Wildman–Crippen MR) is 62.7 cm³/mol. The number of amides is 1. The monoisotopic (exact) mass is 249 g/mol. The molecule has 2 rings (SSSR count). The Morgan fingerprint density at radius 2 is 2.12 bits per heavy atom. The molecule has 0 spiro atoms. The van der Waals surface area contributed by atoms with Crippen LogP contribution in [0.1, 0.15) is 6.42 Å². The first-order valence-corrected chi connectivity index (χ1v) is 5.84. The van der Waals surface area contributed by atoms with Gasteiger partial charge in [0.15, 0.2) is 5.17 Å². The summed E-state index contributed by atoms with van der Waals surface area (Å²) >= 11 is 1.11. The summed E-state index contributed by atoms with van der Waals surface area (Å²) in [4.78, 5) is 26.0. The Balaban J connectivity index is 2.08. The molecular weight excluding hydrogens is 240 g/mol. The van der Waals surface area contributed by atoms with Gasteiger partial charge in [-0.25, -0.2) is 4.99 Å². The highest BCUT2D eigenvalue weighted by Crippen LogP contribution is 2.24. The Hall–Kier alpha value is -1.82. The fourth-order valence-electron chi connectivity index (χ4n) is 1.36. The number of hydrogen-bond donors (Lipinski definition) is 1. The van der Waals surface area contributed by atoms with Crippen LogP contribution in [0.2, 0.25) is 0 Å². The van der Waals surface area contributed by atoms with E-state index < -0.39 is 11.2 Å². The highest BCUT2D eigenvalue weighted by Gasteiger charge is 2.30. The summed E-state index contributed by atoms with van der Waals surface area (Å²) in [5.41, 5.74) is 0.712. The predicted octanol–water partition coefficient (Wildman–Crippen LogP) is 0.0457. The zero-order chi connectivity index (χ0) is 12.3. The third kappa shape index (κ3) is 3.07. The summed E-state index contributed by atoms with van der Waals surface area (Å²) in [7, 11) is 0. The molecule has 0 aromatic heterocycles. The standard InChI is InChI=1S/C11H10N2O3S/c14-9(15)6-8-10(16)13-11(17-8)12-7-4-2-1-3-5-7/h1-5,8H,6H2,(H,14,15)(H,12,13,16)/p-1/t8-/m1/s1. The molecule has 1 aromatic carbocycles. The minimum atomic E-state index is -1.24. The average Bonchev–Trinajstić information content (AvgIpc) is 2.59. The van der Waals surface area contributed by atoms with Crippen molar-refractivity contribution in [3.05, 3.63) is 30.3 Å². The number of rotatable bonds is 3. The first-order valence-electron chi connectivity index (χ1n) is 4.96. The zero-order valence-corrected chi connectivity index (χ0v) is 9.57. The first kappa shape index (κ1) is 11.7. The zero-order valence-electron chi connectivity index (χ0n) is 8.75. The van der Waals surface area contributed by atoms with Crippen LogP contribution >= 0.6 is 11.8 Å². The van der Waals surface area contributed by atoms with E-state index >= 15 is 0 Å². The molecule has 1 aliphatic heterocycles. The van der Waals surface area contributed by atoms with E-state index in [0.717, 1.165) is 11.8 Å². The van der Waals surface area contributed by atoms with Crippen molar-refractivity contribution in [2.75, 3.05) is 0 Å². The SMILES string of the molecule is O=C([O-])C[C@H]1SC(=Nc2ccccc2)NC1=O. The number of carbonyl (C=O) groups excluding carboxylic acids is 2. The summed E-state index contributed by atoms with van der Waals surface area (Å²) in [6.07, 6.45) is -0.301. The van der Waals surface area contributed by atoms with Gasteiger partial charge in [-0.15, -0.1) is 0 Å². The van der Waals surface area contributed by atoms with Crippen molar-refractivity contribution in [1.29, 1.82) is 0 Å². The molecule has 0 bridgehead atoms. The molecule has 1 fully saturated rings. The van der Waals surface area contributed by atoms with Gasteiger partial charge in [0.25, 0.3) is 0 Å². The summed E-state index contributed by atoms with van der Waals surface area (Å²) in [6.45, 7) is 0. The van der Waals surface area contributed by atoms with E-state index in [1.54, 1.807) is 12.1 Å². The molecule has 5 nitrogen and oxygen atoms in total. The molecule has 0 radical (unpaired) electrons. The van der Waals surface area contributed by atoms with Crippen LogP contribution in [-0.2, 0) is 9.59 Å². The molecule has 17 heavy (non-hydrogen) atoms. The van der Waals surface area contributed by atoms with Crippen molar-refractivity contribution in [2.45, 2.75) is 11.7 Å². The van der Waals surface area contributed by atoms with E-state index in [2.05, 4.69) is 10.3 Å². The van der Waals surface area contributed by atoms with Gasteiger partial charge >= 0.3 is 0 Å². The van der Waals surface area contributed by atoms with Crippen LogP contribution in [0.3, 0.4) is 0 Å². The number of nitrogens with zero attached hydrogens (tertiary/aromatic N) is 1. The smallest absolute Gasteiger partial charge is 0.239 e. The van der Waals surface area contributed by atoms with Crippen molar-refractivity contribution in [3.8, 4) is 0 Å². The van der Waals surface area contributed by atoms with Crippen LogP contribution in [0, 0.1) is 0 Å². The van der Waals surface area contributed by atoms with Gasteiger partial charge in [-0.1, -0.05) is 30.0 Å². The molecular formula is C11H9N2O3S-. The third-order valence-electron chi connectivity index (χ3n) is 2.12. The molecule has 1 amide bonds. The number of benzene rings is 1. The van der Waals surface area contributed by atoms with Gasteiger partial charge in [-0.3, -0.25) is 4.79 Å². The Labute approximate surface area is 102 Å².